The number of H-pyrrole nitrogens is 1. The second kappa shape index (κ2) is 8.21. The number of benzene rings is 2. The lowest BCUT2D eigenvalue weighted by molar-refractivity contribution is 0.0684. The Morgan fingerprint density at radius 1 is 1.06 bits per heavy atom. The van der Waals surface area contributed by atoms with E-state index >= 15 is 0 Å². The van der Waals surface area contributed by atoms with Crippen molar-refractivity contribution >= 4 is 50.1 Å². The minimum atomic E-state index is -1.25. The van der Waals surface area contributed by atoms with Crippen molar-refractivity contribution in [3.63, 3.8) is 0 Å². The Balaban J connectivity index is 1.93. The van der Waals surface area contributed by atoms with E-state index in [1.54, 1.807) is 31.3 Å². The molecule has 4 N–H and O–H groups in total. The maximum Gasteiger partial charge on any atom is 0.374 e. The minimum Gasteiger partial charge on any atom is -0.512 e. The van der Waals surface area contributed by atoms with E-state index in [9.17, 15) is 15.0 Å². The molecule has 0 fully saturated rings. The van der Waals surface area contributed by atoms with Crippen LogP contribution in [0.4, 0.5) is 0 Å². The first-order valence-corrected chi connectivity index (χ1v) is 10.7. The lowest BCUT2D eigenvalue weighted by atomic mass is 9.97. The van der Waals surface area contributed by atoms with Gasteiger partial charge < -0.3 is 25.3 Å². The molecule has 0 aliphatic rings. The number of aliphatic hydroxyl groups excluding tert-OH is 1. The molecule has 0 aliphatic carbocycles. The van der Waals surface area contributed by atoms with Crippen LogP contribution in [0.2, 0.25) is 0 Å². The van der Waals surface area contributed by atoms with Gasteiger partial charge in [-0.3, -0.25) is 4.98 Å². The molecule has 3 aromatic heterocycles. The number of carbonyl (C=O) groups is 1. The summed E-state index contributed by atoms with van der Waals surface area (Å²) in [6.45, 7) is 3.10. The quantitative estimate of drug-likeness (QED) is 0.201. The molecule has 35 heavy (non-hydrogen) atoms. The van der Waals surface area contributed by atoms with Crippen molar-refractivity contribution in [3.05, 3.63) is 65.8 Å². The molecule has 0 atom stereocenters. The van der Waals surface area contributed by atoms with E-state index in [0.29, 0.717) is 44.5 Å². The molecule has 0 aliphatic heterocycles. The molecule has 9 heteroatoms. The Hall–Kier alpha value is -4.79. The summed E-state index contributed by atoms with van der Waals surface area (Å²) in [5.74, 6) is -1.15. The summed E-state index contributed by atoms with van der Waals surface area (Å²) >= 11 is 0. The Bertz CT molecular complexity index is 1710. The van der Waals surface area contributed by atoms with Gasteiger partial charge in [0.2, 0.25) is 5.82 Å². The average Bonchev–Trinajstić information content (AvgIpc) is 3.19. The maximum atomic E-state index is 11.9. The lowest BCUT2D eigenvalue weighted by Gasteiger charge is -2.13. The zero-order valence-corrected chi connectivity index (χ0v) is 19.2. The number of hydrogen-bond donors (Lipinski definition) is 4. The van der Waals surface area contributed by atoms with Crippen LogP contribution in [0.1, 0.15) is 30.0 Å². The van der Waals surface area contributed by atoms with Crippen LogP contribution in [0, 0.1) is 5.41 Å². The van der Waals surface area contributed by atoms with E-state index < -0.39 is 5.97 Å². The van der Waals surface area contributed by atoms with E-state index in [2.05, 4.69) is 19.9 Å². The number of nitrogens with zero attached hydrogens (tertiary/aromatic N) is 3. The molecule has 0 spiro atoms. The number of ether oxygens (including phenoxy) is 1. The van der Waals surface area contributed by atoms with Crippen molar-refractivity contribution < 1.29 is 19.7 Å². The van der Waals surface area contributed by atoms with Crippen molar-refractivity contribution in [1.29, 1.82) is 5.41 Å². The first-order valence-electron chi connectivity index (χ1n) is 10.7. The van der Waals surface area contributed by atoms with Gasteiger partial charge in [-0.15, -0.1) is 0 Å². The van der Waals surface area contributed by atoms with Crippen LogP contribution < -0.4 is 4.74 Å². The third-order valence-electron chi connectivity index (χ3n) is 5.87. The van der Waals surface area contributed by atoms with E-state index in [0.717, 1.165) is 16.5 Å². The van der Waals surface area contributed by atoms with Crippen LogP contribution in [0.5, 0.6) is 5.75 Å². The molecule has 0 unspecified atom stereocenters. The van der Waals surface area contributed by atoms with Gasteiger partial charge in [0.25, 0.3) is 0 Å². The molecule has 2 aromatic carbocycles. The van der Waals surface area contributed by atoms with Crippen molar-refractivity contribution in [2.24, 2.45) is 0 Å². The number of carboxylic acids is 1. The highest BCUT2D eigenvalue weighted by atomic mass is 16.5. The van der Waals surface area contributed by atoms with Crippen LogP contribution in [-0.2, 0) is 0 Å². The highest BCUT2D eigenvalue weighted by Crippen LogP contribution is 2.40. The highest BCUT2D eigenvalue weighted by Gasteiger charge is 2.22. The maximum absolute atomic E-state index is 11.9. The number of rotatable bonds is 5. The first kappa shape index (κ1) is 22.0. The van der Waals surface area contributed by atoms with Gasteiger partial charge in [0, 0.05) is 44.9 Å². The summed E-state index contributed by atoms with van der Waals surface area (Å²) in [6.07, 6.45) is 1.66. The smallest absolute Gasteiger partial charge is 0.374 e. The van der Waals surface area contributed by atoms with Crippen LogP contribution in [-0.4, -0.2) is 48.9 Å². The predicted octanol–water partition coefficient (Wildman–Crippen LogP) is 5.36. The highest BCUT2D eigenvalue weighted by molar-refractivity contribution is 6.24. The summed E-state index contributed by atoms with van der Waals surface area (Å²) in [6, 6.07) is 12.9. The fraction of sp³-hybridized carbons (Fsp3) is 0.115. The normalized spacial score (nSPS) is 12.2. The topological polar surface area (TPSA) is 145 Å². The van der Waals surface area contributed by atoms with E-state index in [1.165, 1.54) is 14.0 Å². The molecule has 9 nitrogen and oxygen atoms in total. The predicted molar refractivity (Wildman–Crippen MR) is 134 cm³/mol. The molecule has 3 heterocycles. The number of aliphatic hydroxyl groups is 1. The molecule has 0 radical (unpaired) electrons. The van der Waals surface area contributed by atoms with Crippen molar-refractivity contribution in [1.82, 2.24) is 19.9 Å². The van der Waals surface area contributed by atoms with Gasteiger partial charge in [-0.2, -0.15) is 0 Å². The van der Waals surface area contributed by atoms with Gasteiger partial charge in [0.15, 0.2) is 0 Å². The molecular formula is C26H21N5O4. The number of aromatic carboxylic acids is 1. The standard InChI is InChI=1S/C26H21N5O4/c1-12(27)21(13(2)32)17-10-19-16(11-20(17)35-3)22-23(30-25(26(33)34)31-24(22)29-19)15-8-9-28-18-7-5-4-6-14(15)18/h4-11,27,32H,1-3H3,(H,33,34)(H,29,30,31)/b21-13+,27-12?. The van der Waals surface area contributed by atoms with Gasteiger partial charge in [-0.05, 0) is 38.1 Å². The number of fused-ring (bicyclic) bond motifs is 4. The molecule has 0 amide bonds. The van der Waals surface area contributed by atoms with Gasteiger partial charge in [0.1, 0.15) is 11.4 Å². The summed E-state index contributed by atoms with van der Waals surface area (Å²) in [5.41, 5.74) is 3.95. The van der Waals surface area contributed by atoms with Crippen molar-refractivity contribution in [2.75, 3.05) is 7.11 Å². The average molecular weight is 467 g/mol. The number of nitrogens with one attached hydrogen (secondary N) is 2. The van der Waals surface area contributed by atoms with Crippen LogP contribution in [0.15, 0.2) is 54.4 Å². The van der Waals surface area contributed by atoms with E-state index in [-0.39, 0.29) is 17.3 Å². The third kappa shape index (κ3) is 3.54. The molecule has 0 saturated heterocycles. The zero-order chi connectivity index (χ0) is 24.9. The molecule has 5 aromatic rings. The summed E-state index contributed by atoms with van der Waals surface area (Å²) in [4.78, 5) is 28.2. The second-order valence-corrected chi connectivity index (χ2v) is 8.11. The van der Waals surface area contributed by atoms with Gasteiger partial charge in [-0.25, -0.2) is 14.8 Å². The third-order valence-corrected chi connectivity index (χ3v) is 5.87. The van der Waals surface area contributed by atoms with Gasteiger partial charge >= 0.3 is 5.97 Å². The number of allylic oxidation sites excluding steroid dienone is 2. The van der Waals surface area contributed by atoms with Gasteiger partial charge in [-0.1, -0.05) is 18.2 Å². The number of aromatic nitrogens is 4. The summed E-state index contributed by atoms with van der Waals surface area (Å²) < 4.78 is 5.63. The van der Waals surface area contributed by atoms with Crippen LogP contribution in [0.25, 0.3) is 49.7 Å². The van der Waals surface area contributed by atoms with Crippen LogP contribution >= 0.6 is 0 Å². The Morgan fingerprint density at radius 2 is 1.83 bits per heavy atom. The lowest BCUT2D eigenvalue weighted by Crippen LogP contribution is -2.05. The fourth-order valence-electron chi connectivity index (χ4n) is 4.45. The SMILES string of the molecule is COc1cc2c(cc1/C(C(C)=N)=C(\C)O)[nH]c1nc(C(=O)O)nc(-c3ccnc4ccccc34)c12. The monoisotopic (exact) mass is 467 g/mol. The number of pyridine rings is 1. The number of para-hydroxylation sites is 1. The Labute approximate surface area is 199 Å². The zero-order valence-electron chi connectivity index (χ0n) is 19.2. The van der Waals surface area contributed by atoms with Crippen molar-refractivity contribution in [3.8, 4) is 17.0 Å². The molecule has 174 valence electrons. The first-order chi connectivity index (χ1) is 16.8. The van der Waals surface area contributed by atoms with Gasteiger partial charge in [0.05, 0.1) is 29.5 Å². The number of aromatic amines is 1. The molecule has 5 rings (SSSR count). The number of methoxy groups -OCH3 is 1. The molecular weight excluding hydrogens is 446 g/mol. The summed E-state index contributed by atoms with van der Waals surface area (Å²) in [7, 11) is 1.51. The number of hydrogen-bond acceptors (Lipinski definition) is 7. The molecule has 0 saturated carbocycles. The largest absolute Gasteiger partial charge is 0.512 e. The second-order valence-electron chi connectivity index (χ2n) is 8.11. The Morgan fingerprint density at radius 3 is 2.51 bits per heavy atom. The fourth-order valence-corrected chi connectivity index (χ4v) is 4.45. The van der Waals surface area contributed by atoms with Crippen LogP contribution in [0.3, 0.4) is 0 Å². The van der Waals surface area contributed by atoms with E-state index in [1.807, 2.05) is 24.3 Å². The molecule has 0 bridgehead atoms. The Kier molecular flexibility index (Phi) is 5.17. The number of carboxylic acid groups (broad SMARTS) is 1. The van der Waals surface area contributed by atoms with Crippen molar-refractivity contribution in [2.45, 2.75) is 13.8 Å². The minimum absolute atomic E-state index is 0.0110. The summed E-state index contributed by atoms with van der Waals surface area (Å²) in [5, 5.41) is 30.2. The van der Waals surface area contributed by atoms with E-state index in [4.69, 9.17) is 10.1 Å².